The number of hydrogen-bond donors (Lipinski definition) is 1. The highest BCUT2D eigenvalue weighted by Gasteiger charge is 2.32. The average Bonchev–Trinajstić information content (AvgIpc) is 3.25. The second kappa shape index (κ2) is 5.77. The minimum absolute atomic E-state index is 0.149. The van der Waals surface area contributed by atoms with Crippen molar-refractivity contribution in [1.82, 2.24) is 19.8 Å². The van der Waals surface area contributed by atoms with Crippen molar-refractivity contribution in [3.8, 4) is 0 Å². The third-order valence-corrected chi connectivity index (χ3v) is 4.92. The number of likely N-dealkylation sites (tertiary alicyclic amines) is 2. The van der Waals surface area contributed by atoms with Crippen LogP contribution < -0.4 is 5.56 Å². The summed E-state index contributed by atoms with van der Waals surface area (Å²) >= 11 is 0. The maximum atomic E-state index is 12.7. The van der Waals surface area contributed by atoms with Gasteiger partial charge in [0.05, 0.1) is 10.9 Å². The SMILES string of the molecule is O=C(c1nc2ccccc2c(=O)[nH]1)N1CCC(N2CCCC2)C1. The zero-order valence-electron chi connectivity index (χ0n) is 13.0. The zero-order valence-corrected chi connectivity index (χ0v) is 13.0. The Balaban J connectivity index is 1.56. The summed E-state index contributed by atoms with van der Waals surface area (Å²) in [6, 6.07) is 7.55. The number of aromatic amines is 1. The van der Waals surface area contributed by atoms with Gasteiger partial charge >= 0.3 is 0 Å². The molecule has 0 bridgehead atoms. The zero-order chi connectivity index (χ0) is 15.8. The number of hydrogen-bond acceptors (Lipinski definition) is 4. The molecule has 2 aromatic rings. The molecule has 1 aromatic heterocycles. The fraction of sp³-hybridized carbons (Fsp3) is 0.471. The van der Waals surface area contributed by atoms with E-state index < -0.39 is 0 Å². The lowest BCUT2D eigenvalue weighted by Gasteiger charge is -2.23. The van der Waals surface area contributed by atoms with E-state index in [4.69, 9.17) is 0 Å². The van der Waals surface area contributed by atoms with Gasteiger partial charge in [-0.15, -0.1) is 0 Å². The molecule has 1 N–H and O–H groups in total. The van der Waals surface area contributed by atoms with Crippen LogP contribution >= 0.6 is 0 Å². The molecule has 6 heteroatoms. The highest BCUT2D eigenvalue weighted by molar-refractivity contribution is 5.92. The number of nitrogens with zero attached hydrogens (tertiary/aromatic N) is 3. The standard InChI is InChI=1S/C17H20N4O2/c22-16-13-5-1-2-6-14(13)18-15(19-16)17(23)21-10-7-12(11-21)20-8-3-4-9-20/h1-2,5-6,12H,3-4,7-11H2,(H,18,19,22). The minimum Gasteiger partial charge on any atom is -0.334 e. The Hall–Kier alpha value is -2.21. The Kier molecular flexibility index (Phi) is 3.61. The Morgan fingerprint density at radius 2 is 1.96 bits per heavy atom. The third kappa shape index (κ3) is 2.63. The highest BCUT2D eigenvalue weighted by Crippen LogP contribution is 2.21. The van der Waals surface area contributed by atoms with Crippen LogP contribution in [-0.2, 0) is 0 Å². The van der Waals surface area contributed by atoms with Gasteiger partial charge < -0.3 is 9.88 Å². The van der Waals surface area contributed by atoms with Gasteiger partial charge in [-0.25, -0.2) is 4.98 Å². The van der Waals surface area contributed by atoms with Gasteiger partial charge in [-0.1, -0.05) is 12.1 Å². The second-order valence-corrected chi connectivity index (χ2v) is 6.37. The first-order valence-corrected chi connectivity index (χ1v) is 8.25. The molecule has 2 saturated heterocycles. The van der Waals surface area contributed by atoms with Gasteiger partial charge in [0.1, 0.15) is 0 Å². The summed E-state index contributed by atoms with van der Waals surface area (Å²) < 4.78 is 0. The average molecular weight is 312 g/mol. The van der Waals surface area contributed by atoms with Crippen LogP contribution in [0.5, 0.6) is 0 Å². The van der Waals surface area contributed by atoms with E-state index in [1.807, 2.05) is 11.0 Å². The number of rotatable bonds is 2. The third-order valence-electron chi connectivity index (χ3n) is 4.92. The quantitative estimate of drug-likeness (QED) is 0.905. The van der Waals surface area contributed by atoms with Gasteiger partial charge in [-0.3, -0.25) is 14.5 Å². The lowest BCUT2D eigenvalue weighted by atomic mass is 10.2. The molecule has 2 aliphatic rings. The molecule has 3 heterocycles. The minimum atomic E-state index is -0.255. The first-order valence-electron chi connectivity index (χ1n) is 8.25. The van der Waals surface area contributed by atoms with Crippen LogP contribution in [0.1, 0.15) is 29.9 Å². The summed E-state index contributed by atoms with van der Waals surface area (Å²) in [5.41, 5.74) is 0.309. The van der Waals surface area contributed by atoms with Crippen molar-refractivity contribution in [2.24, 2.45) is 0 Å². The summed E-state index contributed by atoms with van der Waals surface area (Å²) in [6.45, 7) is 3.74. The number of aromatic nitrogens is 2. The number of nitrogens with one attached hydrogen (secondary N) is 1. The van der Waals surface area contributed by atoms with Crippen LogP contribution in [0.3, 0.4) is 0 Å². The fourth-order valence-corrected chi connectivity index (χ4v) is 3.67. The Bertz CT molecular complexity index is 795. The Morgan fingerprint density at radius 3 is 2.78 bits per heavy atom. The van der Waals surface area contributed by atoms with Crippen LogP contribution in [0.15, 0.2) is 29.1 Å². The molecular weight excluding hydrogens is 292 g/mol. The van der Waals surface area contributed by atoms with E-state index in [0.717, 1.165) is 32.6 Å². The molecular formula is C17H20N4O2. The number of benzene rings is 1. The number of carbonyl (C=O) groups is 1. The van der Waals surface area contributed by atoms with E-state index in [0.29, 0.717) is 16.9 Å². The predicted octanol–water partition coefficient (Wildman–Crippen LogP) is 1.23. The summed E-state index contributed by atoms with van der Waals surface area (Å²) in [6.07, 6.45) is 3.51. The maximum absolute atomic E-state index is 12.7. The molecule has 2 aliphatic heterocycles. The largest absolute Gasteiger partial charge is 0.334 e. The van der Waals surface area contributed by atoms with Gasteiger partial charge in [0.25, 0.3) is 11.5 Å². The molecule has 1 aromatic carbocycles. The molecule has 0 spiro atoms. The summed E-state index contributed by atoms with van der Waals surface area (Å²) in [7, 11) is 0. The van der Waals surface area contributed by atoms with Crippen molar-refractivity contribution < 1.29 is 4.79 Å². The van der Waals surface area contributed by atoms with Gasteiger partial charge in [0.2, 0.25) is 0 Å². The van der Waals surface area contributed by atoms with E-state index in [2.05, 4.69) is 14.9 Å². The van der Waals surface area contributed by atoms with E-state index >= 15 is 0 Å². The highest BCUT2D eigenvalue weighted by atomic mass is 16.2. The molecule has 23 heavy (non-hydrogen) atoms. The first kappa shape index (κ1) is 14.4. The van der Waals surface area contributed by atoms with Crippen molar-refractivity contribution in [3.05, 3.63) is 40.4 Å². The molecule has 120 valence electrons. The van der Waals surface area contributed by atoms with E-state index in [1.54, 1.807) is 18.2 Å². The summed E-state index contributed by atoms with van der Waals surface area (Å²) in [5, 5.41) is 0.514. The number of carbonyl (C=O) groups excluding carboxylic acids is 1. The fourth-order valence-electron chi connectivity index (χ4n) is 3.67. The second-order valence-electron chi connectivity index (χ2n) is 6.37. The van der Waals surface area contributed by atoms with Crippen LogP contribution in [0.25, 0.3) is 10.9 Å². The number of para-hydroxylation sites is 1. The smallest absolute Gasteiger partial charge is 0.289 e. The van der Waals surface area contributed by atoms with E-state index in [1.165, 1.54) is 12.8 Å². The Labute approximate surface area is 134 Å². The van der Waals surface area contributed by atoms with Crippen molar-refractivity contribution in [2.75, 3.05) is 26.2 Å². The number of fused-ring (bicyclic) bond motifs is 1. The van der Waals surface area contributed by atoms with Crippen LogP contribution in [0.4, 0.5) is 0 Å². The van der Waals surface area contributed by atoms with Gasteiger partial charge in [0, 0.05) is 19.1 Å². The predicted molar refractivity (Wildman–Crippen MR) is 87.5 cm³/mol. The van der Waals surface area contributed by atoms with Gasteiger partial charge in [-0.2, -0.15) is 0 Å². The van der Waals surface area contributed by atoms with Crippen molar-refractivity contribution >= 4 is 16.8 Å². The van der Waals surface area contributed by atoms with Crippen molar-refractivity contribution in [3.63, 3.8) is 0 Å². The number of amides is 1. The monoisotopic (exact) mass is 312 g/mol. The molecule has 0 aliphatic carbocycles. The molecule has 4 rings (SSSR count). The van der Waals surface area contributed by atoms with E-state index in [9.17, 15) is 9.59 Å². The normalized spacial score (nSPS) is 22.1. The Morgan fingerprint density at radius 1 is 1.17 bits per heavy atom. The van der Waals surface area contributed by atoms with Crippen molar-refractivity contribution in [2.45, 2.75) is 25.3 Å². The molecule has 0 saturated carbocycles. The van der Waals surface area contributed by atoms with Crippen LogP contribution in [-0.4, -0.2) is 57.9 Å². The molecule has 2 fully saturated rings. The van der Waals surface area contributed by atoms with Crippen LogP contribution in [0, 0.1) is 0 Å². The van der Waals surface area contributed by atoms with E-state index in [-0.39, 0.29) is 17.3 Å². The lowest BCUT2D eigenvalue weighted by Crippen LogP contribution is -2.38. The summed E-state index contributed by atoms with van der Waals surface area (Å²) in [4.78, 5) is 36.1. The first-order chi connectivity index (χ1) is 11.2. The molecule has 1 atom stereocenters. The number of H-pyrrole nitrogens is 1. The molecule has 1 unspecified atom stereocenters. The molecule has 6 nitrogen and oxygen atoms in total. The topological polar surface area (TPSA) is 69.3 Å². The van der Waals surface area contributed by atoms with Crippen molar-refractivity contribution in [1.29, 1.82) is 0 Å². The molecule has 0 radical (unpaired) electrons. The van der Waals surface area contributed by atoms with Crippen LogP contribution in [0.2, 0.25) is 0 Å². The molecule has 1 amide bonds. The lowest BCUT2D eigenvalue weighted by molar-refractivity contribution is 0.0768. The maximum Gasteiger partial charge on any atom is 0.289 e. The van der Waals surface area contributed by atoms with Gasteiger partial charge in [0.15, 0.2) is 5.82 Å². The summed E-state index contributed by atoms with van der Waals surface area (Å²) in [5.74, 6) is -0.0229. The van der Waals surface area contributed by atoms with Gasteiger partial charge in [-0.05, 0) is 44.5 Å².